The van der Waals surface area contributed by atoms with Crippen LogP contribution in [0.25, 0.3) is 0 Å². The Morgan fingerprint density at radius 1 is 1.62 bits per heavy atom. The zero-order chi connectivity index (χ0) is 9.90. The number of rotatable bonds is 4. The molecule has 0 aliphatic carbocycles. The summed E-state index contributed by atoms with van der Waals surface area (Å²) in [6.07, 6.45) is 1.89. The highest BCUT2D eigenvalue weighted by molar-refractivity contribution is 5.80. The lowest BCUT2D eigenvalue weighted by Gasteiger charge is -2.20. The smallest absolute Gasteiger partial charge is 0.135 e. The molecule has 1 unspecified atom stereocenters. The van der Waals surface area contributed by atoms with Crippen molar-refractivity contribution < 1.29 is 9.90 Å². The summed E-state index contributed by atoms with van der Waals surface area (Å²) in [7, 11) is 0. The van der Waals surface area contributed by atoms with Gasteiger partial charge < -0.3 is 10.4 Å². The van der Waals surface area contributed by atoms with Gasteiger partial charge in [0, 0.05) is 18.9 Å². The number of ketones is 1. The Bertz CT molecular complexity index is 183. The maximum absolute atomic E-state index is 11.3. The Morgan fingerprint density at radius 3 is 2.77 bits per heavy atom. The van der Waals surface area contributed by atoms with Crippen LogP contribution in [0.2, 0.25) is 0 Å². The van der Waals surface area contributed by atoms with Crippen LogP contribution < -0.4 is 5.32 Å². The molecule has 3 heteroatoms. The summed E-state index contributed by atoms with van der Waals surface area (Å²) in [5.74, 6) is 0.346. The van der Waals surface area contributed by atoms with Crippen LogP contribution in [0.3, 0.4) is 0 Å². The predicted octanol–water partition coefficient (Wildman–Crippen LogP) is 0.716. The van der Waals surface area contributed by atoms with Crippen molar-refractivity contribution in [2.24, 2.45) is 5.92 Å². The number of carbonyl (C=O) groups excluding carboxylic acids is 1. The quantitative estimate of drug-likeness (QED) is 0.678. The molecule has 1 aliphatic heterocycles. The van der Waals surface area contributed by atoms with Gasteiger partial charge >= 0.3 is 0 Å². The van der Waals surface area contributed by atoms with E-state index >= 15 is 0 Å². The zero-order valence-electron chi connectivity index (χ0n) is 8.47. The van der Waals surface area contributed by atoms with Gasteiger partial charge in [0.25, 0.3) is 0 Å². The molecule has 0 aromatic carbocycles. The Labute approximate surface area is 79.5 Å². The van der Waals surface area contributed by atoms with Gasteiger partial charge in [-0.2, -0.15) is 0 Å². The number of Topliss-reactive ketones (excluding diaryl/α,β-unsaturated/α-hetero) is 1. The van der Waals surface area contributed by atoms with Crippen LogP contribution in [0.4, 0.5) is 0 Å². The molecule has 2 N–H and O–H groups in total. The minimum Gasteiger partial charge on any atom is -0.389 e. The second kappa shape index (κ2) is 4.20. The van der Waals surface area contributed by atoms with Crippen LogP contribution in [0.1, 0.15) is 33.1 Å². The molecule has 0 radical (unpaired) electrons. The van der Waals surface area contributed by atoms with E-state index in [0.29, 0.717) is 19.4 Å². The molecule has 0 bridgehead atoms. The molecule has 0 saturated carbocycles. The second-order valence-corrected chi connectivity index (χ2v) is 4.27. The molecule has 1 aliphatic rings. The summed E-state index contributed by atoms with van der Waals surface area (Å²) in [6, 6.07) is 0. The van der Waals surface area contributed by atoms with Gasteiger partial charge in [0.1, 0.15) is 5.78 Å². The van der Waals surface area contributed by atoms with Crippen molar-refractivity contribution in [3.63, 3.8) is 0 Å². The van der Waals surface area contributed by atoms with Crippen molar-refractivity contribution in [1.29, 1.82) is 0 Å². The highest BCUT2D eigenvalue weighted by Gasteiger charge is 2.31. The van der Waals surface area contributed by atoms with Crippen molar-refractivity contribution in [3.05, 3.63) is 0 Å². The van der Waals surface area contributed by atoms with E-state index in [0.717, 1.165) is 13.0 Å². The summed E-state index contributed by atoms with van der Waals surface area (Å²) in [5.41, 5.74) is -0.620. The van der Waals surface area contributed by atoms with Gasteiger partial charge in [0.2, 0.25) is 0 Å². The lowest BCUT2D eigenvalue weighted by atomic mass is 9.93. The summed E-state index contributed by atoms with van der Waals surface area (Å²) in [4.78, 5) is 11.3. The highest BCUT2D eigenvalue weighted by Crippen LogP contribution is 2.21. The first-order chi connectivity index (χ1) is 6.03. The Morgan fingerprint density at radius 2 is 2.31 bits per heavy atom. The fourth-order valence-corrected chi connectivity index (χ4v) is 1.59. The molecule has 1 atom stereocenters. The molecule has 0 spiro atoms. The predicted molar refractivity (Wildman–Crippen MR) is 51.5 cm³/mol. The van der Waals surface area contributed by atoms with Crippen molar-refractivity contribution in [3.8, 4) is 0 Å². The van der Waals surface area contributed by atoms with Gasteiger partial charge in [0.15, 0.2) is 0 Å². The van der Waals surface area contributed by atoms with E-state index in [4.69, 9.17) is 0 Å². The average molecular weight is 185 g/mol. The van der Waals surface area contributed by atoms with E-state index in [-0.39, 0.29) is 11.7 Å². The normalized spacial score (nSPS) is 28.3. The minimum atomic E-state index is -0.620. The number of aliphatic hydroxyl groups is 1. The van der Waals surface area contributed by atoms with Gasteiger partial charge in [-0.3, -0.25) is 4.79 Å². The number of nitrogens with one attached hydrogen (secondary N) is 1. The first kappa shape index (κ1) is 10.7. The lowest BCUT2D eigenvalue weighted by molar-refractivity contribution is -0.123. The third-order valence-corrected chi connectivity index (χ3v) is 2.70. The van der Waals surface area contributed by atoms with Gasteiger partial charge in [-0.15, -0.1) is 0 Å². The summed E-state index contributed by atoms with van der Waals surface area (Å²) < 4.78 is 0. The van der Waals surface area contributed by atoms with E-state index in [1.165, 1.54) is 0 Å². The van der Waals surface area contributed by atoms with Crippen LogP contribution in [-0.2, 0) is 4.79 Å². The van der Waals surface area contributed by atoms with Crippen molar-refractivity contribution in [2.75, 3.05) is 13.1 Å². The maximum atomic E-state index is 11.3. The third-order valence-electron chi connectivity index (χ3n) is 2.70. The maximum Gasteiger partial charge on any atom is 0.135 e. The monoisotopic (exact) mass is 185 g/mol. The second-order valence-electron chi connectivity index (χ2n) is 4.27. The van der Waals surface area contributed by atoms with Gasteiger partial charge in [-0.1, -0.05) is 13.8 Å². The van der Waals surface area contributed by atoms with Gasteiger partial charge in [0.05, 0.1) is 5.60 Å². The first-order valence-corrected chi connectivity index (χ1v) is 4.99. The van der Waals surface area contributed by atoms with Gasteiger partial charge in [-0.05, 0) is 19.4 Å². The molecule has 3 nitrogen and oxygen atoms in total. The lowest BCUT2D eigenvalue weighted by Crippen LogP contribution is -2.32. The van der Waals surface area contributed by atoms with Crippen molar-refractivity contribution >= 4 is 5.78 Å². The van der Waals surface area contributed by atoms with Crippen LogP contribution >= 0.6 is 0 Å². The number of hydrogen-bond acceptors (Lipinski definition) is 3. The van der Waals surface area contributed by atoms with E-state index in [1.54, 1.807) is 0 Å². The number of hydrogen-bond donors (Lipinski definition) is 2. The Balaban J connectivity index is 2.29. The van der Waals surface area contributed by atoms with Crippen molar-refractivity contribution in [2.45, 2.75) is 38.7 Å². The molecule has 1 saturated heterocycles. The molecule has 1 heterocycles. The fourth-order valence-electron chi connectivity index (χ4n) is 1.59. The summed E-state index contributed by atoms with van der Waals surface area (Å²) in [6.45, 7) is 5.31. The zero-order valence-corrected chi connectivity index (χ0v) is 8.47. The molecule has 0 amide bonds. The van der Waals surface area contributed by atoms with E-state index < -0.39 is 5.60 Å². The number of carbonyl (C=O) groups is 1. The fraction of sp³-hybridized carbons (Fsp3) is 0.900. The topological polar surface area (TPSA) is 49.3 Å². The van der Waals surface area contributed by atoms with E-state index in [2.05, 4.69) is 5.32 Å². The molecular weight excluding hydrogens is 166 g/mol. The standard InChI is InChI=1S/C10H19NO2/c1-8(2)9(12)3-4-10(13)5-6-11-7-10/h8,11,13H,3-7H2,1-2H3. The minimum absolute atomic E-state index is 0.0953. The average Bonchev–Trinajstić information content (AvgIpc) is 2.48. The molecule has 0 aromatic rings. The SMILES string of the molecule is CC(C)C(=O)CCC1(O)CCNC1. The van der Waals surface area contributed by atoms with Crippen LogP contribution in [0.5, 0.6) is 0 Å². The largest absolute Gasteiger partial charge is 0.389 e. The molecular formula is C10H19NO2. The molecule has 0 aromatic heterocycles. The molecule has 1 rings (SSSR count). The van der Waals surface area contributed by atoms with Crippen LogP contribution in [-0.4, -0.2) is 29.6 Å². The van der Waals surface area contributed by atoms with E-state index in [9.17, 15) is 9.90 Å². The van der Waals surface area contributed by atoms with Crippen LogP contribution in [0.15, 0.2) is 0 Å². The molecule has 1 fully saturated rings. The molecule has 13 heavy (non-hydrogen) atoms. The summed E-state index contributed by atoms with van der Waals surface area (Å²) in [5, 5.41) is 13.0. The third kappa shape index (κ3) is 3.08. The highest BCUT2D eigenvalue weighted by atomic mass is 16.3. The van der Waals surface area contributed by atoms with Gasteiger partial charge in [-0.25, -0.2) is 0 Å². The first-order valence-electron chi connectivity index (χ1n) is 4.99. The van der Waals surface area contributed by atoms with Crippen LogP contribution in [0, 0.1) is 5.92 Å². The Hall–Kier alpha value is -0.410. The van der Waals surface area contributed by atoms with E-state index in [1.807, 2.05) is 13.8 Å². The number of β-amino-alcohol motifs (C(OH)–C–C–N with tert-alkyl or cyclic N) is 1. The Kier molecular flexibility index (Phi) is 3.45. The summed E-state index contributed by atoms with van der Waals surface area (Å²) >= 11 is 0. The van der Waals surface area contributed by atoms with Crippen molar-refractivity contribution in [1.82, 2.24) is 5.32 Å². The molecule has 76 valence electrons.